The molecule has 0 saturated heterocycles. The lowest BCUT2D eigenvalue weighted by molar-refractivity contribution is -0.385. The SMILES string of the molecule is CCc1ccc(/C=N\NS(=O)(=O)c2ccc(Br)cc2)cc1[N+](=O)[O-]. The summed E-state index contributed by atoms with van der Waals surface area (Å²) in [4.78, 5) is 12.7. The molecule has 1 N–H and O–H groups in total. The molecule has 0 saturated carbocycles. The molecular weight excluding hydrogens is 398 g/mol. The van der Waals surface area contributed by atoms with Gasteiger partial charge in [0.15, 0.2) is 0 Å². The molecule has 2 aromatic carbocycles. The lowest BCUT2D eigenvalue weighted by Gasteiger charge is -2.04. The Kier molecular flexibility index (Phi) is 5.68. The van der Waals surface area contributed by atoms with Crippen molar-refractivity contribution in [1.29, 1.82) is 0 Å². The largest absolute Gasteiger partial charge is 0.276 e. The van der Waals surface area contributed by atoms with Gasteiger partial charge in [-0.3, -0.25) is 10.1 Å². The fourth-order valence-electron chi connectivity index (χ4n) is 1.97. The third-order valence-corrected chi connectivity index (χ3v) is 4.96. The first-order valence-electron chi connectivity index (χ1n) is 6.91. The van der Waals surface area contributed by atoms with Crippen molar-refractivity contribution in [3.05, 3.63) is 68.2 Å². The van der Waals surface area contributed by atoms with E-state index in [1.54, 1.807) is 24.3 Å². The first-order valence-corrected chi connectivity index (χ1v) is 9.19. The predicted octanol–water partition coefficient (Wildman–Crippen LogP) is 3.23. The summed E-state index contributed by atoms with van der Waals surface area (Å²) in [5, 5.41) is 14.7. The van der Waals surface area contributed by atoms with Crippen LogP contribution in [0.1, 0.15) is 18.1 Å². The Morgan fingerprint density at radius 3 is 2.50 bits per heavy atom. The Morgan fingerprint density at radius 1 is 1.25 bits per heavy atom. The van der Waals surface area contributed by atoms with Crippen molar-refractivity contribution in [2.45, 2.75) is 18.2 Å². The number of sulfonamides is 1. The molecule has 9 heteroatoms. The molecule has 0 heterocycles. The average Bonchev–Trinajstić information content (AvgIpc) is 2.55. The van der Waals surface area contributed by atoms with Gasteiger partial charge in [-0.15, -0.1) is 0 Å². The summed E-state index contributed by atoms with van der Waals surface area (Å²) in [5.41, 5.74) is 1.02. The first-order chi connectivity index (χ1) is 11.3. The summed E-state index contributed by atoms with van der Waals surface area (Å²) in [6.07, 6.45) is 1.76. The van der Waals surface area contributed by atoms with Gasteiger partial charge in [0.05, 0.1) is 16.0 Å². The third kappa shape index (κ3) is 4.39. The quantitative estimate of drug-likeness (QED) is 0.447. The van der Waals surface area contributed by atoms with E-state index in [-0.39, 0.29) is 10.6 Å². The zero-order chi connectivity index (χ0) is 17.7. The van der Waals surface area contributed by atoms with E-state index in [0.29, 0.717) is 17.5 Å². The molecule has 0 unspecified atom stereocenters. The number of nitro benzene ring substituents is 1. The van der Waals surface area contributed by atoms with E-state index in [0.717, 1.165) is 4.47 Å². The number of aryl methyl sites for hydroxylation is 1. The summed E-state index contributed by atoms with van der Waals surface area (Å²) in [7, 11) is -3.79. The van der Waals surface area contributed by atoms with Gasteiger partial charge in [-0.25, -0.2) is 4.83 Å². The van der Waals surface area contributed by atoms with E-state index < -0.39 is 14.9 Å². The van der Waals surface area contributed by atoms with Gasteiger partial charge in [0, 0.05) is 21.7 Å². The molecule has 0 bridgehead atoms. The van der Waals surface area contributed by atoms with Crippen molar-refractivity contribution in [3.8, 4) is 0 Å². The van der Waals surface area contributed by atoms with E-state index >= 15 is 0 Å². The summed E-state index contributed by atoms with van der Waals surface area (Å²) < 4.78 is 24.9. The van der Waals surface area contributed by atoms with Crippen LogP contribution in [0.4, 0.5) is 5.69 Å². The van der Waals surface area contributed by atoms with Gasteiger partial charge in [0.25, 0.3) is 15.7 Å². The van der Waals surface area contributed by atoms with Gasteiger partial charge in [-0.05, 0) is 30.7 Å². The smallest absolute Gasteiger partial charge is 0.258 e. The molecule has 0 atom stereocenters. The van der Waals surface area contributed by atoms with Gasteiger partial charge in [0.2, 0.25) is 0 Å². The lowest BCUT2D eigenvalue weighted by atomic mass is 10.1. The standard InChI is InChI=1S/C15H14BrN3O4S/c1-2-12-4-3-11(9-15(12)19(20)21)10-17-18-24(22,23)14-7-5-13(16)6-8-14/h3-10,18H,2H2,1H3/b17-10-. The normalized spacial score (nSPS) is 11.6. The lowest BCUT2D eigenvalue weighted by Crippen LogP contribution is -2.18. The molecule has 0 fully saturated rings. The van der Waals surface area contributed by atoms with Crippen molar-refractivity contribution in [2.24, 2.45) is 5.10 Å². The summed E-state index contributed by atoms with van der Waals surface area (Å²) in [5.74, 6) is 0. The molecule has 0 aromatic heterocycles. The summed E-state index contributed by atoms with van der Waals surface area (Å²) in [6, 6.07) is 10.7. The molecule has 24 heavy (non-hydrogen) atoms. The maximum absolute atomic E-state index is 12.1. The Labute approximate surface area is 147 Å². The van der Waals surface area contributed by atoms with Crippen molar-refractivity contribution < 1.29 is 13.3 Å². The number of nitrogens with one attached hydrogen (secondary N) is 1. The van der Waals surface area contributed by atoms with Crippen LogP contribution in [0.25, 0.3) is 0 Å². The molecule has 2 aromatic rings. The monoisotopic (exact) mass is 411 g/mol. The molecular formula is C15H14BrN3O4S. The molecule has 2 rings (SSSR count). The highest BCUT2D eigenvalue weighted by Crippen LogP contribution is 2.20. The minimum absolute atomic E-state index is 0.0165. The maximum Gasteiger partial charge on any atom is 0.276 e. The van der Waals surface area contributed by atoms with Crippen molar-refractivity contribution in [1.82, 2.24) is 4.83 Å². The second kappa shape index (κ2) is 7.54. The van der Waals surface area contributed by atoms with Gasteiger partial charge in [-0.2, -0.15) is 13.5 Å². The molecule has 0 radical (unpaired) electrons. The van der Waals surface area contributed by atoms with Gasteiger partial charge in [-0.1, -0.05) is 35.0 Å². The molecule has 0 aliphatic carbocycles. The Balaban J connectivity index is 2.18. The van der Waals surface area contributed by atoms with E-state index in [9.17, 15) is 18.5 Å². The molecule has 0 aliphatic heterocycles. The fraction of sp³-hybridized carbons (Fsp3) is 0.133. The van der Waals surface area contributed by atoms with Gasteiger partial charge < -0.3 is 0 Å². The van der Waals surface area contributed by atoms with Crippen molar-refractivity contribution >= 4 is 37.9 Å². The van der Waals surface area contributed by atoms with E-state index in [2.05, 4.69) is 25.9 Å². The van der Waals surface area contributed by atoms with Crippen LogP contribution in [0.5, 0.6) is 0 Å². The summed E-state index contributed by atoms with van der Waals surface area (Å²) >= 11 is 3.23. The Hall–Kier alpha value is -2.26. The number of nitrogens with zero attached hydrogens (tertiary/aromatic N) is 2. The van der Waals surface area contributed by atoms with Crippen LogP contribution in [0.3, 0.4) is 0 Å². The van der Waals surface area contributed by atoms with Crippen LogP contribution in [0.2, 0.25) is 0 Å². The highest BCUT2D eigenvalue weighted by Gasteiger charge is 2.13. The third-order valence-electron chi connectivity index (χ3n) is 3.20. The van der Waals surface area contributed by atoms with E-state index in [1.165, 1.54) is 24.4 Å². The number of hydrazone groups is 1. The number of halogens is 1. The topological polar surface area (TPSA) is 102 Å². The zero-order valence-corrected chi connectivity index (χ0v) is 15.0. The van der Waals surface area contributed by atoms with Crippen LogP contribution in [-0.2, 0) is 16.4 Å². The van der Waals surface area contributed by atoms with Gasteiger partial charge >= 0.3 is 0 Å². The molecule has 0 spiro atoms. The number of hydrogen-bond acceptors (Lipinski definition) is 5. The Bertz CT molecular complexity index is 880. The minimum Gasteiger partial charge on any atom is -0.258 e. The zero-order valence-electron chi connectivity index (χ0n) is 12.6. The number of benzene rings is 2. The van der Waals surface area contributed by atoms with Crippen LogP contribution in [0, 0.1) is 10.1 Å². The second-order valence-corrected chi connectivity index (χ2v) is 7.38. The maximum atomic E-state index is 12.1. The minimum atomic E-state index is -3.79. The van der Waals surface area contributed by atoms with Crippen molar-refractivity contribution in [3.63, 3.8) is 0 Å². The highest BCUT2D eigenvalue weighted by molar-refractivity contribution is 9.10. The van der Waals surface area contributed by atoms with Crippen LogP contribution in [0.15, 0.2) is 56.9 Å². The van der Waals surface area contributed by atoms with Crippen LogP contribution in [-0.4, -0.2) is 19.6 Å². The number of hydrogen-bond donors (Lipinski definition) is 1. The molecule has 0 amide bonds. The molecule has 126 valence electrons. The number of nitro groups is 1. The van der Waals surface area contributed by atoms with E-state index in [4.69, 9.17) is 0 Å². The second-order valence-electron chi connectivity index (χ2n) is 4.81. The summed E-state index contributed by atoms with van der Waals surface area (Å²) in [6.45, 7) is 1.82. The van der Waals surface area contributed by atoms with Gasteiger partial charge in [0.1, 0.15) is 0 Å². The fourth-order valence-corrected chi connectivity index (χ4v) is 3.02. The highest BCUT2D eigenvalue weighted by atomic mass is 79.9. The number of rotatable bonds is 6. The van der Waals surface area contributed by atoms with E-state index in [1.807, 2.05) is 6.92 Å². The molecule has 7 nitrogen and oxygen atoms in total. The van der Waals surface area contributed by atoms with Crippen LogP contribution >= 0.6 is 15.9 Å². The molecule has 0 aliphatic rings. The van der Waals surface area contributed by atoms with Crippen LogP contribution < -0.4 is 4.83 Å². The predicted molar refractivity (Wildman–Crippen MR) is 94.5 cm³/mol. The Morgan fingerprint density at radius 2 is 1.92 bits per heavy atom. The average molecular weight is 412 g/mol. The first kappa shape index (κ1) is 18.1. The van der Waals surface area contributed by atoms with Crippen molar-refractivity contribution in [2.75, 3.05) is 0 Å².